The number of amides is 2. The number of benzene rings is 1. The molecule has 5 aliphatic rings. The molecule has 0 unspecified atom stereocenters. The molecular formula is C54H56N6O11. The maximum atomic E-state index is 13.6. The number of likely N-dealkylation sites (N-methyl/N-ethyl adjacent to an activating group) is 1. The average Bonchev–Trinajstić information content (AvgIpc) is 3.93. The number of nitrogens with zero attached hydrogens (tertiary/aromatic N) is 5. The van der Waals surface area contributed by atoms with E-state index in [1.807, 2.05) is 30.3 Å². The number of para-hydroxylation sites is 1. The molecular weight excluding hydrogens is 909 g/mol. The third-order valence-corrected chi connectivity index (χ3v) is 14.3. The van der Waals surface area contributed by atoms with Crippen LogP contribution in [0.4, 0.5) is 0 Å². The lowest BCUT2D eigenvalue weighted by atomic mass is 9.85. The highest BCUT2D eigenvalue weighted by molar-refractivity contribution is 5.91. The lowest BCUT2D eigenvalue weighted by Gasteiger charge is -2.35. The highest BCUT2D eigenvalue weighted by atomic mass is 16.6. The van der Waals surface area contributed by atoms with Crippen LogP contribution < -0.4 is 16.4 Å². The molecule has 17 nitrogen and oxygen atoms in total. The second-order valence-electron chi connectivity index (χ2n) is 18.5. The zero-order valence-corrected chi connectivity index (χ0v) is 40.4. The minimum atomic E-state index is -1.78. The Labute approximate surface area is 409 Å². The van der Waals surface area contributed by atoms with Gasteiger partial charge in [-0.15, -0.1) is 0 Å². The van der Waals surface area contributed by atoms with Crippen molar-refractivity contribution >= 4 is 46.2 Å². The number of aliphatic hydroxyl groups is 1. The van der Waals surface area contributed by atoms with Gasteiger partial charge in [-0.1, -0.05) is 58.0 Å². The number of aromatic nitrogens is 4. The van der Waals surface area contributed by atoms with E-state index < -0.39 is 29.1 Å². The van der Waals surface area contributed by atoms with Crippen molar-refractivity contribution in [1.29, 1.82) is 0 Å². The van der Waals surface area contributed by atoms with E-state index in [1.54, 1.807) is 35.1 Å². The molecule has 0 saturated heterocycles. The number of carbonyl (C=O) groups excluding carboxylic acids is 5. The first-order valence-electron chi connectivity index (χ1n) is 24.2. The fraction of sp³-hybridized carbons (Fsp3) is 0.389. The van der Waals surface area contributed by atoms with Crippen LogP contribution in [0.25, 0.3) is 39.3 Å². The number of cyclic esters (lactones) is 2. The minimum Gasteiger partial charge on any atom is -0.458 e. The quantitative estimate of drug-likeness (QED) is 0.0622. The SMILES string of the molecule is C=CC(=O)N(C)CC(=O)NCCCCCC(=O)O[C@]1(CC)C(=O)OCc2c1cc1n(c2=O)Cc2cc3ccccc3nc2-1.CCC1=CCCc2cc3c(nc21)-c1cc2c(c(=O)n1C3)COC(=O)[C@]2(O)CC. The Morgan fingerprint density at radius 2 is 1.49 bits per heavy atom. The summed E-state index contributed by atoms with van der Waals surface area (Å²) >= 11 is 0. The maximum absolute atomic E-state index is 13.6. The van der Waals surface area contributed by atoms with E-state index in [2.05, 4.69) is 31.0 Å². The summed E-state index contributed by atoms with van der Waals surface area (Å²) in [5.41, 5.74) is 6.22. The first-order chi connectivity index (χ1) is 34.2. The summed E-state index contributed by atoms with van der Waals surface area (Å²) in [6.07, 6.45) is 8.28. The fourth-order valence-corrected chi connectivity index (χ4v) is 10.3. The molecule has 71 heavy (non-hydrogen) atoms. The Bertz CT molecular complexity index is 3240. The molecule has 0 radical (unpaired) electrons. The predicted octanol–water partition coefficient (Wildman–Crippen LogP) is 5.62. The number of nitrogens with one attached hydrogen (secondary N) is 1. The van der Waals surface area contributed by atoms with Crippen LogP contribution in [0.15, 0.2) is 76.9 Å². The molecule has 0 saturated carbocycles. The number of carbonyl (C=O) groups is 5. The van der Waals surface area contributed by atoms with Crippen LogP contribution in [-0.2, 0) is 82.1 Å². The van der Waals surface area contributed by atoms with Crippen molar-refractivity contribution in [2.75, 3.05) is 20.1 Å². The largest absolute Gasteiger partial charge is 0.458 e. The fourth-order valence-electron chi connectivity index (χ4n) is 10.3. The summed E-state index contributed by atoms with van der Waals surface area (Å²) in [5, 5.41) is 14.6. The van der Waals surface area contributed by atoms with Crippen molar-refractivity contribution in [3.63, 3.8) is 0 Å². The molecule has 0 spiro atoms. The Kier molecular flexibility index (Phi) is 13.2. The van der Waals surface area contributed by atoms with E-state index in [-0.39, 0.29) is 62.0 Å². The van der Waals surface area contributed by atoms with Crippen LogP contribution in [0.1, 0.15) is 117 Å². The van der Waals surface area contributed by atoms with Gasteiger partial charge in [-0.3, -0.25) is 24.0 Å². The molecule has 17 heteroatoms. The number of allylic oxidation sites excluding steroid dienone is 2. The van der Waals surface area contributed by atoms with Crippen molar-refractivity contribution in [1.82, 2.24) is 29.3 Å². The predicted molar refractivity (Wildman–Crippen MR) is 261 cm³/mol. The van der Waals surface area contributed by atoms with Gasteiger partial charge in [0.2, 0.25) is 17.4 Å². The number of hydrogen-bond acceptors (Lipinski definition) is 13. The lowest BCUT2D eigenvalue weighted by Crippen LogP contribution is -2.47. The molecule has 0 bridgehead atoms. The molecule has 2 atom stereocenters. The first kappa shape index (κ1) is 48.5. The third kappa shape index (κ3) is 8.55. The number of rotatable bonds is 13. The normalized spacial score (nSPS) is 18.6. The number of aryl methyl sites for hydroxylation is 1. The molecule has 8 heterocycles. The Morgan fingerprint density at radius 1 is 0.831 bits per heavy atom. The highest BCUT2D eigenvalue weighted by Gasteiger charge is 2.50. The Balaban J connectivity index is 0.000000191. The maximum Gasteiger partial charge on any atom is 0.355 e. The zero-order chi connectivity index (χ0) is 50.4. The number of esters is 3. The summed E-state index contributed by atoms with van der Waals surface area (Å²) in [6, 6.07) is 15.4. The van der Waals surface area contributed by atoms with Crippen molar-refractivity contribution in [3.05, 3.63) is 133 Å². The van der Waals surface area contributed by atoms with Crippen molar-refractivity contribution in [2.24, 2.45) is 0 Å². The molecule has 1 aliphatic carbocycles. The number of hydrogen-bond donors (Lipinski definition) is 2. The van der Waals surface area contributed by atoms with Gasteiger partial charge < -0.3 is 38.7 Å². The number of ether oxygens (including phenoxy) is 3. The van der Waals surface area contributed by atoms with Crippen LogP contribution in [-0.4, -0.2) is 79.0 Å². The van der Waals surface area contributed by atoms with Gasteiger partial charge in [0, 0.05) is 47.7 Å². The van der Waals surface area contributed by atoms with E-state index in [9.17, 15) is 38.7 Å². The lowest BCUT2D eigenvalue weighted by molar-refractivity contribution is -0.189. The van der Waals surface area contributed by atoms with Crippen LogP contribution in [0, 0.1) is 0 Å². The number of fused-ring (bicyclic) bond motifs is 10. The standard InChI is InChI=1S/C32H34N4O7.C22H22N2O4/c1-4-27(38)35(3)18-26(37)33-14-10-6-7-13-28(39)43-32(5-2)23-16-25-29-21(15-20-11-8-9-12-24(20)34-29)17-36(25)30(40)22(23)19-42-31(32)41;1-3-12-6-5-7-13-8-14-10-24-17(19(14)23-18(12)13)9-16-15(20(24)25)11-28-21(26)22(16,27)4-2/h4,8-9,11-12,15-16H,1,5-7,10,13-14,17-19H2,2-3H3,(H,33,37);6,8-9,27H,3-5,7,10-11H2,1-2H3/t32-;22-/m00/s1. The van der Waals surface area contributed by atoms with Gasteiger partial charge in [0.25, 0.3) is 11.1 Å². The van der Waals surface area contributed by atoms with Crippen LogP contribution in [0.3, 0.4) is 0 Å². The average molecular weight is 965 g/mol. The Morgan fingerprint density at radius 3 is 2.18 bits per heavy atom. The molecule has 1 aromatic carbocycles. The second kappa shape index (κ2) is 19.3. The molecule has 0 fully saturated rings. The van der Waals surface area contributed by atoms with Crippen molar-refractivity contribution in [2.45, 2.75) is 116 Å². The Hall–Kier alpha value is -7.53. The molecule has 10 rings (SSSR count). The van der Waals surface area contributed by atoms with E-state index in [0.717, 1.165) is 58.8 Å². The van der Waals surface area contributed by atoms with Gasteiger partial charge in [0.15, 0.2) is 5.60 Å². The van der Waals surface area contributed by atoms with E-state index in [4.69, 9.17) is 24.2 Å². The van der Waals surface area contributed by atoms with Crippen molar-refractivity contribution < 1.29 is 43.3 Å². The summed E-state index contributed by atoms with van der Waals surface area (Å²) in [5.74, 6) is -2.60. The van der Waals surface area contributed by atoms with Gasteiger partial charge in [-0.2, -0.15) is 0 Å². The van der Waals surface area contributed by atoms with Crippen molar-refractivity contribution in [3.8, 4) is 22.8 Å². The van der Waals surface area contributed by atoms with E-state index >= 15 is 0 Å². The van der Waals surface area contributed by atoms with Gasteiger partial charge in [0.1, 0.15) is 13.2 Å². The third-order valence-electron chi connectivity index (χ3n) is 14.3. The zero-order valence-electron chi connectivity index (χ0n) is 40.4. The molecule has 2 N–H and O–H groups in total. The number of pyridine rings is 4. The first-order valence-corrected chi connectivity index (χ1v) is 24.2. The topological polar surface area (TPSA) is 218 Å². The van der Waals surface area contributed by atoms with Gasteiger partial charge >= 0.3 is 17.9 Å². The molecule has 4 aromatic heterocycles. The molecule has 5 aromatic rings. The van der Waals surface area contributed by atoms with Crippen LogP contribution in [0.2, 0.25) is 0 Å². The van der Waals surface area contributed by atoms with Gasteiger partial charge in [-0.25, -0.2) is 19.6 Å². The molecule has 4 aliphatic heterocycles. The summed E-state index contributed by atoms with van der Waals surface area (Å²) in [4.78, 5) is 99.7. The van der Waals surface area contributed by atoms with E-state index in [0.29, 0.717) is 78.2 Å². The number of unbranched alkanes of at least 4 members (excludes halogenated alkanes) is 2. The monoisotopic (exact) mass is 964 g/mol. The molecule has 368 valence electrons. The van der Waals surface area contributed by atoms with Gasteiger partial charge in [-0.05, 0) is 92.5 Å². The molecule has 2 amide bonds. The smallest absolute Gasteiger partial charge is 0.355 e. The summed E-state index contributed by atoms with van der Waals surface area (Å²) in [6.45, 7) is 9.79. The van der Waals surface area contributed by atoms with E-state index in [1.165, 1.54) is 23.1 Å². The highest BCUT2D eigenvalue weighted by Crippen LogP contribution is 2.42. The van der Waals surface area contributed by atoms with Crippen LogP contribution >= 0.6 is 0 Å². The second-order valence-corrected chi connectivity index (χ2v) is 18.5. The van der Waals surface area contributed by atoms with Gasteiger partial charge in [0.05, 0.1) is 64.7 Å². The summed E-state index contributed by atoms with van der Waals surface area (Å²) in [7, 11) is 1.51. The minimum absolute atomic E-state index is 0.0508. The summed E-state index contributed by atoms with van der Waals surface area (Å²) < 4.78 is 19.7. The van der Waals surface area contributed by atoms with Crippen LogP contribution in [0.5, 0.6) is 0 Å².